The molecule has 98 valence electrons. The van der Waals surface area contributed by atoms with Crippen molar-refractivity contribution < 1.29 is 9.13 Å². The molecule has 18 heavy (non-hydrogen) atoms. The Balaban J connectivity index is 2.12. The van der Waals surface area contributed by atoms with E-state index in [0.29, 0.717) is 18.1 Å². The molecule has 0 aliphatic carbocycles. The molecule has 2 N–H and O–H groups in total. The average Bonchev–Trinajstić information content (AvgIpc) is 2.34. The summed E-state index contributed by atoms with van der Waals surface area (Å²) in [5.74, 6) is 1.32. The molecule has 1 aromatic carbocycles. The Kier molecular flexibility index (Phi) is 3.93. The Bertz CT molecular complexity index is 482. The maximum Gasteiger partial charge on any atom is 0.292 e. The van der Waals surface area contributed by atoms with E-state index in [9.17, 15) is 14.3 Å². The quantitative estimate of drug-likeness (QED) is 0.496. The van der Waals surface area contributed by atoms with Crippen LogP contribution in [-0.2, 0) is 17.3 Å². The standard InChI is InChI=1S/C11H15N3O3S/c12-11-9(2-1-3-10(11)14(15)16)8-13-4-6-18(17)7-5-13/h1-3H,4-8,12H2. The first-order valence-electron chi connectivity index (χ1n) is 5.67. The van der Waals surface area contributed by atoms with Gasteiger partial charge in [0.2, 0.25) is 0 Å². The molecule has 0 aromatic heterocycles. The summed E-state index contributed by atoms with van der Waals surface area (Å²) in [5, 5.41) is 10.8. The molecule has 1 aliphatic heterocycles. The zero-order chi connectivity index (χ0) is 13.1. The fourth-order valence-corrected chi connectivity index (χ4v) is 3.10. The van der Waals surface area contributed by atoms with Gasteiger partial charge in [-0.3, -0.25) is 19.2 Å². The Morgan fingerprint density at radius 1 is 1.39 bits per heavy atom. The normalized spacial score (nSPS) is 17.8. The van der Waals surface area contributed by atoms with Crippen LogP contribution in [0.2, 0.25) is 0 Å². The number of nitro groups is 1. The fraction of sp³-hybridized carbons (Fsp3) is 0.455. The molecule has 0 saturated carbocycles. The van der Waals surface area contributed by atoms with Crippen molar-refractivity contribution in [1.82, 2.24) is 4.90 Å². The Labute approximate surface area is 107 Å². The van der Waals surface area contributed by atoms with Gasteiger partial charge in [0, 0.05) is 48.0 Å². The number of nitrogens with zero attached hydrogens (tertiary/aromatic N) is 2. The van der Waals surface area contributed by atoms with E-state index in [-0.39, 0.29) is 11.4 Å². The van der Waals surface area contributed by atoms with Gasteiger partial charge in [-0.25, -0.2) is 0 Å². The summed E-state index contributed by atoms with van der Waals surface area (Å²) in [7, 11) is -0.717. The highest BCUT2D eigenvalue weighted by molar-refractivity contribution is 7.85. The summed E-state index contributed by atoms with van der Waals surface area (Å²) in [6.07, 6.45) is 0. The predicted octanol–water partition coefficient (Wildman–Crippen LogP) is 0.741. The second kappa shape index (κ2) is 5.45. The monoisotopic (exact) mass is 269 g/mol. The molecular weight excluding hydrogens is 254 g/mol. The van der Waals surface area contributed by atoms with E-state index in [2.05, 4.69) is 4.90 Å². The molecule has 1 aliphatic rings. The molecule has 0 spiro atoms. The molecule has 0 unspecified atom stereocenters. The lowest BCUT2D eigenvalue weighted by molar-refractivity contribution is -0.384. The molecule has 0 atom stereocenters. The van der Waals surface area contributed by atoms with Gasteiger partial charge in [-0.05, 0) is 5.56 Å². The van der Waals surface area contributed by atoms with Crippen molar-refractivity contribution in [3.63, 3.8) is 0 Å². The van der Waals surface area contributed by atoms with Crippen molar-refractivity contribution in [1.29, 1.82) is 0 Å². The summed E-state index contributed by atoms with van der Waals surface area (Å²) >= 11 is 0. The lowest BCUT2D eigenvalue weighted by atomic mass is 10.1. The van der Waals surface area contributed by atoms with E-state index < -0.39 is 15.7 Å². The van der Waals surface area contributed by atoms with E-state index in [4.69, 9.17) is 5.73 Å². The second-order valence-electron chi connectivity index (χ2n) is 4.23. The molecule has 0 radical (unpaired) electrons. The molecule has 6 nitrogen and oxygen atoms in total. The summed E-state index contributed by atoms with van der Waals surface area (Å²) in [6, 6.07) is 4.85. The topological polar surface area (TPSA) is 89.5 Å². The third-order valence-corrected chi connectivity index (χ3v) is 4.31. The van der Waals surface area contributed by atoms with Crippen LogP contribution in [0.25, 0.3) is 0 Å². The predicted molar refractivity (Wildman–Crippen MR) is 70.7 cm³/mol. The third-order valence-electron chi connectivity index (χ3n) is 3.03. The van der Waals surface area contributed by atoms with Gasteiger partial charge < -0.3 is 5.73 Å². The number of anilines is 1. The molecule has 2 rings (SSSR count). The van der Waals surface area contributed by atoms with Crippen molar-refractivity contribution in [2.75, 3.05) is 30.3 Å². The first kappa shape index (κ1) is 13.0. The Morgan fingerprint density at radius 2 is 2.06 bits per heavy atom. The first-order chi connectivity index (χ1) is 8.58. The van der Waals surface area contributed by atoms with E-state index >= 15 is 0 Å². The number of nitrogens with two attached hydrogens (primary N) is 1. The Hall–Kier alpha value is -1.47. The summed E-state index contributed by atoms with van der Waals surface area (Å²) in [5.41, 5.74) is 6.74. The van der Waals surface area contributed by atoms with Crippen LogP contribution in [0.5, 0.6) is 0 Å². The van der Waals surface area contributed by atoms with Gasteiger partial charge in [-0.2, -0.15) is 0 Å². The molecule has 0 amide bonds. The van der Waals surface area contributed by atoms with Gasteiger partial charge >= 0.3 is 0 Å². The maximum absolute atomic E-state index is 11.2. The number of hydrogen-bond acceptors (Lipinski definition) is 5. The molecule has 1 heterocycles. The van der Waals surface area contributed by atoms with Crippen LogP contribution in [0.4, 0.5) is 11.4 Å². The van der Waals surface area contributed by atoms with Gasteiger partial charge in [0.15, 0.2) is 0 Å². The number of nitro benzene ring substituents is 1. The van der Waals surface area contributed by atoms with Gasteiger partial charge in [-0.15, -0.1) is 0 Å². The first-order valence-corrected chi connectivity index (χ1v) is 7.16. The number of benzene rings is 1. The minimum atomic E-state index is -0.717. The highest BCUT2D eigenvalue weighted by Gasteiger charge is 2.19. The number of hydrogen-bond donors (Lipinski definition) is 1. The van der Waals surface area contributed by atoms with Gasteiger partial charge in [-0.1, -0.05) is 12.1 Å². The van der Waals surface area contributed by atoms with Crippen LogP contribution in [0.15, 0.2) is 18.2 Å². The largest absolute Gasteiger partial charge is 0.393 e. The lowest BCUT2D eigenvalue weighted by Gasteiger charge is -2.26. The minimum absolute atomic E-state index is 0.0481. The van der Waals surface area contributed by atoms with Crippen LogP contribution in [-0.4, -0.2) is 38.6 Å². The van der Waals surface area contributed by atoms with Crippen molar-refractivity contribution >= 4 is 22.2 Å². The van der Waals surface area contributed by atoms with Crippen molar-refractivity contribution in [3.8, 4) is 0 Å². The molecule has 1 aromatic rings. The van der Waals surface area contributed by atoms with E-state index in [1.165, 1.54) is 6.07 Å². The van der Waals surface area contributed by atoms with Crippen LogP contribution in [0, 0.1) is 10.1 Å². The molecule has 7 heteroatoms. The van der Waals surface area contributed by atoms with Crippen LogP contribution >= 0.6 is 0 Å². The van der Waals surface area contributed by atoms with Crippen LogP contribution < -0.4 is 5.73 Å². The van der Waals surface area contributed by atoms with Crippen LogP contribution in [0.3, 0.4) is 0 Å². The molecular formula is C11H15N3O3S. The van der Waals surface area contributed by atoms with Crippen LogP contribution in [0.1, 0.15) is 5.56 Å². The van der Waals surface area contributed by atoms with Crippen molar-refractivity contribution in [2.24, 2.45) is 0 Å². The van der Waals surface area contributed by atoms with Crippen molar-refractivity contribution in [3.05, 3.63) is 33.9 Å². The molecule has 1 fully saturated rings. The maximum atomic E-state index is 11.2. The van der Waals surface area contributed by atoms with E-state index in [1.807, 2.05) is 0 Å². The number of rotatable bonds is 3. The minimum Gasteiger partial charge on any atom is -0.393 e. The van der Waals surface area contributed by atoms with Crippen molar-refractivity contribution in [2.45, 2.75) is 6.54 Å². The summed E-state index contributed by atoms with van der Waals surface area (Å²) in [4.78, 5) is 12.4. The molecule has 1 saturated heterocycles. The summed E-state index contributed by atoms with van der Waals surface area (Å²) < 4.78 is 11.2. The van der Waals surface area contributed by atoms with E-state index in [1.54, 1.807) is 12.1 Å². The Morgan fingerprint density at radius 3 is 2.67 bits per heavy atom. The number of para-hydroxylation sites is 1. The fourth-order valence-electron chi connectivity index (χ4n) is 1.97. The summed E-state index contributed by atoms with van der Waals surface area (Å²) in [6.45, 7) is 2.06. The van der Waals surface area contributed by atoms with Gasteiger partial charge in [0.05, 0.1) is 4.92 Å². The zero-order valence-electron chi connectivity index (χ0n) is 9.87. The molecule has 0 bridgehead atoms. The zero-order valence-corrected chi connectivity index (χ0v) is 10.7. The van der Waals surface area contributed by atoms with E-state index in [0.717, 1.165) is 18.7 Å². The SMILES string of the molecule is Nc1c(CN2CCS(=O)CC2)cccc1[N+](=O)[O-]. The van der Waals surface area contributed by atoms with Gasteiger partial charge in [0.25, 0.3) is 5.69 Å². The average molecular weight is 269 g/mol. The highest BCUT2D eigenvalue weighted by Crippen LogP contribution is 2.26. The third kappa shape index (κ3) is 2.85. The second-order valence-corrected chi connectivity index (χ2v) is 5.93. The van der Waals surface area contributed by atoms with Gasteiger partial charge in [0.1, 0.15) is 5.69 Å². The number of nitrogen functional groups attached to an aromatic ring is 1. The lowest BCUT2D eigenvalue weighted by Crippen LogP contribution is -2.37. The smallest absolute Gasteiger partial charge is 0.292 e. The highest BCUT2D eigenvalue weighted by atomic mass is 32.2.